The summed E-state index contributed by atoms with van der Waals surface area (Å²) in [4.78, 5) is 7.05. The van der Waals surface area contributed by atoms with Gasteiger partial charge >= 0.3 is 0 Å². The van der Waals surface area contributed by atoms with E-state index in [4.69, 9.17) is 15.5 Å². The van der Waals surface area contributed by atoms with E-state index in [-0.39, 0.29) is 5.69 Å². The summed E-state index contributed by atoms with van der Waals surface area (Å²) in [6.07, 6.45) is 3.72. The van der Waals surface area contributed by atoms with Crippen molar-refractivity contribution in [2.45, 2.75) is 6.92 Å². The molecule has 0 amide bonds. The topological polar surface area (TPSA) is 69.2 Å². The van der Waals surface area contributed by atoms with Gasteiger partial charge < -0.3 is 15.4 Å². The number of ether oxygens (including phenoxy) is 1. The van der Waals surface area contributed by atoms with E-state index >= 15 is 0 Å². The molecule has 1 aliphatic heterocycles. The van der Waals surface area contributed by atoms with Gasteiger partial charge in [-0.1, -0.05) is 0 Å². The molecule has 27 heavy (non-hydrogen) atoms. The van der Waals surface area contributed by atoms with Crippen molar-refractivity contribution in [3.8, 4) is 22.4 Å². The molecule has 1 aromatic carbocycles. The van der Waals surface area contributed by atoms with Crippen LogP contribution in [0.2, 0.25) is 0 Å². The van der Waals surface area contributed by atoms with Crippen molar-refractivity contribution in [1.82, 2.24) is 14.8 Å². The molecule has 3 aromatic rings. The third-order valence-corrected chi connectivity index (χ3v) is 4.80. The molecule has 3 heterocycles. The lowest BCUT2D eigenvalue weighted by atomic mass is 9.98. The Bertz CT molecular complexity index is 978. The van der Waals surface area contributed by atoms with Gasteiger partial charge in [0.15, 0.2) is 0 Å². The quantitative estimate of drug-likeness (QED) is 0.721. The number of aromatic nitrogens is 3. The Morgan fingerprint density at radius 2 is 1.89 bits per heavy atom. The molecule has 2 aromatic heterocycles. The van der Waals surface area contributed by atoms with Crippen LogP contribution in [0, 0.1) is 12.7 Å². The van der Waals surface area contributed by atoms with E-state index in [9.17, 15) is 4.39 Å². The molecule has 4 rings (SSSR count). The van der Waals surface area contributed by atoms with Crippen LogP contribution in [-0.2, 0) is 11.8 Å². The van der Waals surface area contributed by atoms with Crippen LogP contribution in [0.5, 0.6) is 0 Å². The third-order valence-electron chi connectivity index (χ3n) is 4.80. The number of nitrogens with zero attached hydrogens (tertiary/aromatic N) is 4. The summed E-state index contributed by atoms with van der Waals surface area (Å²) < 4.78 is 21.0. The smallest absolute Gasteiger partial charge is 0.146 e. The van der Waals surface area contributed by atoms with Gasteiger partial charge in [-0.25, -0.2) is 9.37 Å². The molecule has 1 aliphatic rings. The van der Waals surface area contributed by atoms with Crippen molar-refractivity contribution in [2.75, 3.05) is 36.9 Å². The van der Waals surface area contributed by atoms with Crippen LogP contribution in [0.1, 0.15) is 5.56 Å². The van der Waals surface area contributed by atoms with E-state index in [1.54, 1.807) is 16.9 Å². The summed E-state index contributed by atoms with van der Waals surface area (Å²) in [6, 6.07) is 7.20. The highest BCUT2D eigenvalue weighted by molar-refractivity contribution is 5.77. The van der Waals surface area contributed by atoms with Gasteiger partial charge in [0.05, 0.1) is 30.8 Å². The van der Waals surface area contributed by atoms with Gasteiger partial charge in [-0.05, 0) is 47.9 Å². The first-order chi connectivity index (χ1) is 13.0. The van der Waals surface area contributed by atoms with E-state index in [1.165, 1.54) is 6.07 Å². The monoisotopic (exact) mass is 367 g/mol. The minimum Gasteiger partial charge on any atom is -0.396 e. The fourth-order valence-corrected chi connectivity index (χ4v) is 3.33. The van der Waals surface area contributed by atoms with Gasteiger partial charge in [0.2, 0.25) is 0 Å². The van der Waals surface area contributed by atoms with Crippen LogP contribution in [0.4, 0.5) is 15.9 Å². The van der Waals surface area contributed by atoms with Crippen LogP contribution in [0.15, 0.2) is 36.7 Å². The molecule has 0 unspecified atom stereocenters. The first-order valence-electron chi connectivity index (χ1n) is 8.91. The lowest BCUT2D eigenvalue weighted by molar-refractivity contribution is 0.122. The van der Waals surface area contributed by atoms with Gasteiger partial charge in [-0.2, -0.15) is 5.10 Å². The van der Waals surface area contributed by atoms with Crippen LogP contribution in [0.3, 0.4) is 0 Å². The minimum atomic E-state index is -0.397. The van der Waals surface area contributed by atoms with Gasteiger partial charge in [-0.3, -0.25) is 4.68 Å². The second-order valence-corrected chi connectivity index (χ2v) is 6.79. The Morgan fingerprint density at radius 3 is 2.59 bits per heavy atom. The zero-order valence-electron chi connectivity index (χ0n) is 15.4. The molecule has 2 N–H and O–H groups in total. The third kappa shape index (κ3) is 3.50. The summed E-state index contributed by atoms with van der Waals surface area (Å²) in [5.41, 5.74) is 10.4. The zero-order chi connectivity index (χ0) is 19.0. The number of morpholine rings is 1. The van der Waals surface area contributed by atoms with Crippen molar-refractivity contribution in [3.05, 3.63) is 48.0 Å². The number of pyridine rings is 1. The van der Waals surface area contributed by atoms with Crippen molar-refractivity contribution in [1.29, 1.82) is 0 Å². The molecule has 6 nitrogen and oxygen atoms in total. The summed E-state index contributed by atoms with van der Waals surface area (Å²) in [7, 11) is 1.88. The predicted octanol–water partition coefficient (Wildman–Crippen LogP) is 3.02. The number of hydrogen-bond donors (Lipinski definition) is 1. The number of benzene rings is 1. The fourth-order valence-electron chi connectivity index (χ4n) is 3.33. The number of hydrogen-bond acceptors (Lipinski definition) is 5. The molecule has 0 bridgehead atoms. The normalized spacial score (nSPS) is 14.6. The largest absolute Gasteiger partial charge is 0.396 e. The molecule has 0 saturated carbocycles. The van der Waals surface area contributed by atoms with Crippen molar-refractivity contribution in [3.63, 3.8) is 0 Å². The maximum absolute atomic E-state index is 13.8. The first-order valence-corrected chi connectivity index (χ1v) is 8.91. The average molecular weight is 367 g/mol. The standard InChI is InChI=1S/C20H22FN5O/c1-13-7-17(21)18(22)10-16(13)14-8-19(15-11-23-25(2)12-15)24-20(9-14)26-3-5-27-6-4-26/h7-12H,3-6,22H2,1-2H3. The molecular formula is C20H22FN5O. The van der Waals surface area contributed by atoms with E-state index in [2.05, 4.69) is 10.00 Å². The summed E-state index contributed by atoms with van der Waals surface area (Å²) in [5.74, 6) is 0.475. The molecule has 1 saturated heterocycles. The highest BCUT2D eigenvalue weighted by atomic mass is 19.1. The van der Waals surface area contributed by atoms with Crippen LogP contribution in [0.25, 0.3) is 22.4 Å². The highest BCUT2D eigenvalue weighted by Gasteiger charge is 2.17. The van der Waals surface area contributed by atoms with Gasteiger partial charge in [0.25, 0.3) is 0 Å². The molecule has 0 spiro atoms. The van der Waals surface area contributed by atoms with E-state index in [0.29, 0.717) is 13.2 Å². The van der Waals surface area contributed by atoms with Gasteiger partial charge in [0.1, 0.15) is 11.6 Å². The van der Waals surface area contributed by atoms with Gasteiger partial charge in [0, 0.05) is 31.9 Å². The number of nitrogen functional groups attached to an aromatic ring is 1. The lowest BCUT2D eigenvalue weighted by Gasteiger charge is -2.28. The Labute approximate surface area is 157 Å². The molecule has 1 fully saturated rings. The highest BCUT2D eigenvalue weighted by Crippen LogP contribution is 2.33. The lowest BCUT2D eigenvalue weighted by Crippen LogP contribution is -2.36. The van der Waals surface area contributed by atoms with Crippen molar-refractivity contribution in [2.24, 2.45) is 7.05 Å². The number of rotatable bonds is 3. The Hall–Kier alpha value is -2.93. The molecule has 7 heteroatoms. The van der Waals surface area contributed by atoms with Crippen LogP contribution in [-0.4, -0.2) is 41.1 Å². The molecule has 0 aliphatic carbocycles. The maximum Gasteiger partial charge on any atom is 0.146 e. The molecular weight excluding hydrogens is 345 g/mol. The number of aryl methyl sites for hydroxylation is 2. The summed E-state index contributed by atoms with van der Waals surface area (Å²) in [5, 5.41) is 4.25. The Morgan fingerprint density at radius 1 is 1.11 bits per heavy atom. The summed E-state index contributed by atoms with van der Waals surface area (Å²) in [6.45, 7) is 4.81. The minimum absolute atomic E-state index is 0.142. The van der Waals surface area contributed by atoms with E-state index < -0.39 is 5.82 Å². The Kier molecular flexibility index (Phi) is 4.53. The molecule has 0 atom stereocenters. The summed E-state index contributed by atoms with van der Waals surface area (Å²) >= 11 is 0. The van der Waals surface area contributed by atoms with Crippen LogP contribution < -0.4 is 10.6 Å². The van der Waals surface area contributed by atoms with Crippen LogP contribution >= 0.6 is 0 Å². The number of nitrogens with two attached hydrogens (primary N) is 1. The average Bonchev–Trinajstić information content (AvgIpc) is 3.11. The van der Waals surface area contributed by atoms with Crippen molar-refractivity contribution < 1.29 is 9.13 Å². The predicted molar refractivity (Wildman–Crippen MR) is 104 cm³/mol. The van der Waals surface area contributed by atoms with Crippen molar-refractivity contribution >= 4 is 11.5 Å². The number of halogens is 1. The maximum atomic E-state index is 13.8. The zero-order valence-corrected chi connectivity index (χ0v) is 15.4. The fraction of sp³-hybridized carbons (Fsp3) is 0.300. The van der Waals surface area contributed by atoms with E-state index in [0.717, 1.165) is 46.9 Å². The van der Waals surface area contributed by atoms with Gasteiger partial charge in [-0.15, -0.1) is 0 Å². The van der Waals surface area contributed by atoms with E-state index in [1.807, 2.05) is 32.3 Å². The SMILES string of the molecule is Cc1cc(F)c(N)cc1-c1cc(-c2cnn(C)c2)nc(N2CCOCC2)c1. The second-order valence-electron chi connectivity index (χ2n) is 6.79. The molecule has 140 valence electrons. The molecule has 0 radical (unpaired) electrons. The number of anilines is 2. The second kappa shape index (κ2) is 7.00. The first kappa shape index (κ1) is 17.5. The Balaban J connectivity index is 1.86.